The number of carbonyl (C=O) groups is 1. The zero-order valence-electron chi connectivity index (χ0n) is 12.5. The number of nitrogens with zero attached hydrogens (tertiary/aromatic N) is 1. The van der Waals surface area contributed by atoms with E-state index in [0.717, 1.165) is 0 Å². The van der Waals surface area contributed by atoms with Crippen molar-refractivity contribution in [2.24, 2.45) is 0 Å². The number of ether oxygens (including phenoxy) is 1. The van der Waals surface area contributed by atoms with E-state index in [1.165, 1.54) is 25.1 Å². The van der Waals surface area contributed by atoms with Crippen LogP contribution in [-0.4, -0.2) is 36.6 Å². The molecule has 0 heterocycles. The smallest absolute Gasteiger partial charge is 0.312 e. The van der Waals surface area contributed by atoms with E-state index in [1.54, 1.807) is 7.05 Å². The molecule has 2 unspecified atom stereocenters. The van der Waals surface area contributed by atoms with E-state index in [0.29, 0.717) is 6.54 Å². The topological polar surface area (TPSA) is 93.5 Å². The van der Waals surface area contributed by atoms with E-state index in [-0.39, 0.29) is 40.8 Å². The molecule has 0 aliphatic carbocycles. The van der Waals surface area contributed by atoms with Gasteiger partial charge in [-0.05, 0) is 33.0 Å². The number of halogens is 2. The third kappa shape index (κ3) is 6.05. The van der Waals surface area contributed by atoms with E-state index >= 15 is 0 Å². The first-order valence-corrected chi connectivity index (χ1v) is 6.78. The predicted octanol–water partition coefficient (Wildman–Crippen LogP) is 2.16. The molecule has 0 saturated heterocycles. The van der Waals surface area contributed by atoms with Crippen LogP contribution in [0.3, 0.4) is 0 Å². The predicted molar refractivity (Wildman–Crippen MR) is 87.0 cm³/mol. The van der Waals surface area contributed by atoms with Gasteiger partial charge in [0.15, 0.2) is 11.9 Å². The Morgan fingerprint density at radius 3 is 2.64 bits per heavy atom. The Morgan fingerprint density at radius 2 is 2.09 bits per heavy atom. The maximum absolute atomic E-state index is 11.9. The summed E-state index contributed by atoms with van der Waals surface area (Å²) in [5.74, 6) is -0.338. The molecule has 0 aliphatic rings. The lowest BCUT2D eigenvalue weighted by Crippen LogP contribution is -2.42. The summed E-state index contributed by atoms with van der Waals surface area (Å²) in [7, 11) is 1.79. The highest BCUT2D eigenvalue weighted by molar-refractivity contribution is 6.30. The molecule has 1 rings (SSSR count). The quantitative estimate of drug-likeness (QED) is 0.579. The van der Waals surface area contributed by atoms with Gasteiger partial charge in [-0.1, -0.05) is 11.6 Å². The number of carbonyl (C=O) groups excluding carboxylic acids is 1. The van der Waals surface area contributed by atoms with E-state index in [1.807, 2.05) is 6.92 Å². The Kier molecular flexibility index (Phi) is 8.77. The number of amides is 1. The second-order valence-corrected chi connectivity index (χ2v) is 5.00. The van der Waals surface area contributed by atoms with Gasteiger partial charge in [0.25, 0.3) is 5.91 Å². The van der Waals surface area contributed by atoms with Gasteiger partial charge in [0.2, 0.25) is 0 Å². The fourth-order valence-electron chi connectivity index (χ4n) is 1.48. The van der Waals surface area contributed by atoms with Crippen molar-refractivity contribution >= 4 is 35.6 Å². The first-order chi connectivity index (χ1) is 9.85. The maximum atomic E-state index is 11.9. The van der Waals surface area contributed by atoms with E-state index in [4.69, 9.17) is 16.3 Å². The van der Waals surface area contributed by atoms with Crippen molar-refractivity contribution in [1.29, 1.82) is 0 Å². The summed E-state index contributed by atoms with van der Waals surface area (Å²) < 4.78 is 5.36. The number of rotatable bonds is 7. The molecule has 0 radical (unpaired) electrons. The van der Waals surface area contributed by atoms with Gasteiger partial charge in [0.1, 0.15) is 0 Å². The summed E-state index contributed by atoms with van der Waals surface area (Å²) in [5, 5.41) is 16.8. The van der Waals surface area contributed by atoms with Gasteiger partial charge in [0, 0.05) is 23.7 Å². The molecular weight excluding hydrogens is 333 g/mol. The zero-order valence-corrected chi connectivity index (χ0v) is 14.0. The fraction of sp³-hybridized carbons (Fsp3) is 0.462. The van der Waals surface area contributed by atoms with Crippen LogP contribution >= 0.6 is 24.0 Å². The van der Waals surface area contributed by atoms with Gasteiger partial charge in [-0.2, -0.15) is 0 Å². The highest BCUT2D eigenvalue weighted by atomic mass is 35.5. The molecule has 124 valence electrons. The van der Waals surface area contributed by atoms with Crippen LogP contribution in [0.2, 0.25) is 5.02 Å². The molecule has 1 amide bonds. The monoisotopic (exact) mass is 351 g/mol. The second-order valence-electron chi connectivity index (χ2n) is 4.56. The number of nitro groups is 1. The van der Waals surface area contributed by atoms with Crippen molar-refractivity contribution in [3.8, 4) is 5.75 Å². The first-order valence-electron chi connectivity index (χ1n) is 6.40. The number of benzene rings is 1. The van der Waals surface area contributed by atoms with E-state index < -0.39 is 11.0 Å². The minimum absolute atomic E-state index is 0. The van der Waals surface area contributed by atoms with Crippen molar-refractivity contribution in [3.63, 3.8) is 0 Å². The van der Waals surface area contributed by atoms with Gasteiger partial charge in [-0.15, -0.1) is 12.4 Å². The standard InChI is InChI=1S/C13H18ClN3O4.ClH/c1-8(15-3)7-16-13(18)9(2)21-12-5-4-10(14)6-11(12)17(19)20;/h4-6,8-9,15H,7H2,1-3H3,(H,16,18);1H. The maximum Gasteiger partial charge on any atom is 0.312 e. The average molecular weight is 352 g/mol. The van der Waals surface area contributed by atoms with Crippen molar-refractivity contribution in [2.45, 2.75) is 26.0 Å². The van der Waals surface area contributed by atoms with Crippen molar-refractivity contribution < 1.29 is 14.5 Å². The van der Waals surface area contributed by atoms with Crippen LogP contribution < -0.4 is 15.4 Å². The number of nitro benzene ring substituents is 1. The van der Waals surface area contributed by atoms with Crippen LogP contribution in [0.25, 0.3) is 0 Å². The Labute approximate surface area is 139 Å². The van der Waals surface area contributed by atoms with Gasteiger partial charge in [-0.3, -0.25) is 14.9 Å². The SMILES string of the molecule is CNC(C)CNC(=O)C(C)Oc1ccc(Cl)cc1[N+](=O)[O-].Cl. The Hall–Kier alpha value is -1.57. The molecule has 0 aromatic heterocycles. The van der Waals surface area contributed by atoms with Gasteiger partial charge >= 0.3 is 5.69 Å². The Balaban J connectivity index is 0.00000441. The zero-order chi connectivity index (χ0) is 16.0. The van der Waals surface area contributed by atoms with E-state index in [2.05, 4.69) is 10.6 Å². The van der Waals surface area contributed by atoms with E-state index in [9.17, 15) is 14.9 Å². The second kappa shape index (κ2) is 9.45. The largest absolute Gasteiger partial charge is 0.474 e. The van der Waals surface area contributed by atoms with Crippen LogP contribution in [0.15, 0.2) is 18.2 Å². The number of hydrogen-bond donors (Lipinski definition) is 2. The van der Waals surface area contributed by atoms with Gasteiger partial charge in [0.05, 0.1) is 4.92 Å². The molecule has 7 nitrogen and oxygen atoms in total. The molecule has 2 atom stereocenters. The van der Waals surface area contributed by atoms with Crippen molar-refractivity contribution in [3.05, 3.63) is 33.3 Å². The van der Waals surface area contributed by atoms with Crippen LogP contribution in [0, 0.1) is 10.1 Å². The molecule has 0 bridgehead atoms. The average Bonchev–Trinajstić information content (AvgIpc) is 2.45. The third-order valence-electron chi connectivity index (χ3n) is 2.87. The van der Waals surface area contributed by atoms with Crippen LogP contribution in [0.1, 0.15) is 13.8 Å². The lowest BCUT2D eigenvalue weighted by Gasteiger charge is -2.16. The summed E-state index contributed by atoms with van der Waals surface area (Å²) in [6, 6.07) is 4.15. The molecular formula is C13H19Cl2N3O4. The highest BCUT2D eigenvalue weighted by Crippen LogP contribution is 2.30. The Morgan fingerprint density at radius 1 is 1.45 bits per heavy atom. The van der Waals surface area contributed by atoms with Crippen LogP contribution in [0.4, 0.5) is 5.69 Å². The number of nitrogens with one attached hydrogen (secondary N) is 2. The normalized spacial score (nSPS) is 12.7. The minimum atomic E-state index is -0.853. The summed E-state index contributed by atoms with van der Waals surface area (Å²) in [4.78, 5) is 22.2. The van der Waals surface area contributed by atoms with Crippen LogP contribution in [0.5, 0.6) is 5.75 Å². The van der Waals surface area contributed by atoms with Gasteiger partial charge in [-0.25, -0.2) is 0 Å². The molecule has 0 spiro atoms. The summed E-state index contributed by atoms with van der Waals surface area (Å²) >= 11 is 5.71. The molecule has 22 heavy (non-hydrogen) atoms. The summed E-state index contributed by atoms with van der Waals surface area (Å²) in [5.41, 5.74) is -0.272. The minimum Gasteiger partial charge on any atom is -0.474 e. The molecule has 2 N–H and O–H groups in total. The van der Waals surface area contributed by atoms with Crippen molar-refractivity contribution in [2.75, 3.05) is 13.6 Å². The molecule has 0 saturated carbocycles. The van der Waals surface area contributed by atoms with Crippen molar-refractivity contribution in [1.82, 2.24) is 10.6 Å². The summed E-state index contributed by atoms with van der Waals surface area (Å²) in [6.45, 7) is 3.87. The first kappa shape index (κ1) is 20.4. The highest BCUT2D eigenvalue weighted by Gasteiger charge is 2.21. The lowest BCUT2D eigenvalue weighted by molar-refractivity contribution is -0.386. The molecule has 0 fully saturated rings. The lowest BCUT2D eigenvalue weighted by atomic mass is 10.2. The Bertz CT molecular complexity index is 528. The number of likely N-dealkylation sites (N-methyl/N-ethyl adjacent to an activating group) is 1. The summed E-state index contributed by atoms with van der Waals surface area (Å²) in [6.07, 6.45) is -0.853. The van der Waals surface area contributed by atoms with Gasteiger partial charge < -0.3 is 15.4 Å². The molecule has 1 aromatic carbocycles. The fourth-order valence-corrected chi connectivity index (χ4v) is 1.64. The van der Waals surface area contributed by atoms with Crippen LogP contribution in [-0.2, 0) is 4.79 Å². The molecule has 9 heteroatoms. The molecule has 1 aromatic rings. The third-order valence-corrected chi connectivity index (χ3v) is 3.10. The molecule has 0 aliphatic heterocycles. The number of hydrogen-bond acceptors (Lipinski definition) is 5.